The van der Waals surface area contributed by atoms with Crippen molar-refractivity contribution in [1.29, 1.82) is 0 Å². The highest BCUT2D eigenvalue weighted by molar-refractivity contribution is 7.08. The minimum Gasteiger partial charge on any atom is -0.344 e. The van der Waals surface area contributed by atoms with E-state index >= 15 is 0 Å². The maximum Gasteiger partial charge on any atom is 0.265 e. The van der Waals surface area contributed by atoms with Crippen molar-refractivity contribution in [3.05, 3.63) is 28.0 Å². The highest BCUT2D eigenvalue weighted by Crippen LogP contribution is 2.29. The Morgan fingerprint density at radius 3 is 3.16 bits per heavy atom. The third kappa shape index (κ3) is 2.14. The maximum absolute atomic E-state index is 12.2. The average molecular weight is 277 g/mol. The summed E-state index contributed by atoms with van der Waals surface area (Å²) in [5, 5.41) is 11.2. The quantitative estimate of drug-likeness (QED) is 0.900. The summed E-state index contributed by atoms with van der Waals surface area (Å²) in [7, 11) is 1.94. The maximum atomic E-state index is 12.2. The van der Waals surface area contributed by atoms with Crippen LogP contribution in [-0.2, 0) is 13.5 Å². The highest BCUT2D eigenvalue weighted by Gasteiger charge is 2.26. The second-order valence-corrected chi connectivity index (χ2v) is 5.53. The Bertz CT molecular complexity index is 617. The van der Waals surface area contributed by atoms with Crippen LogP contribution in [0.1, 0.15) is 45.5 Å². The Kier molecular flexibility index (Phi) is 3.06. The van der Waals surface area contributed by atoms with Gasteiger partial charge in [0.2, 0.25) is 0 Å². The van der Waals surface area contributed by atoms with E-state index in [1.165, 1.54) is 5.69 Å². The summed E-state index contributed by atoms with van der Waals surface area (Å²) in [6.45, 7) is 1.80. The summed E-state index contributed by atoms with van der Waals surface area (Å²) in [4.78, 5) is 12.8. The first-order valence-electron chi connectivity index (χ1n) is 6.27. The molecule has 0 bridgehead atoms. The fraction of sp³-hybridized carbons (Fsp3) is 0.500. The number of aryl methyl sites for hydroxylation is 2. The van der Waals surface area contributed by atoms with Crippen molar-refractivity contribution in [1.82, 2.24) is 24.7 Å². The molecule has 0 fully saturated rings. The summed E-state index contributed by atoms with van der Waals surface area (Å²) >= 11 is 1.14. The molecular formula is C12H15N5OS. The first kappa shape index (κ1) is 12.3. The molecule has 0 aliphatic heterocycles. The van der Waals surface area contributed by atoms with E-state index in [0.717, 1.165) is 36.4 Å². The lowest BCUT2D eigenvalue weighted by Crippen LogP contribution is -2.30. The number of hydrogen-bond donors (Lipinski definition) is 1. The molecule has 1 unspecified atom stereocenters. The van der Waals surface area contributed by atoms with Crippen LogP contribution in [0.4, 0.5) is 0 Å². The molecule has 6 nitrogen and oxygen atoms in total. The topological polar surface area (TPSA) is 72.7 Å². The van der Waals surface area contributed by atoms with Gasteiger partial charge in [-0.15, -0.1) is 5.10 Å². The van der Waals surface area contributed by atoms with Crippen LogP contribution in [0, 0.1) is 6.92 Å². The van der Waals surface area contributed by atoms with Crippen molar-refractivity contribution in [2.45, 2.75) is 32.2 Å². The lowest BCUT2D eigenvalue weighted by molar-refractivity contribution is 0.0936. The van der Waals surface area contributed by atoms with Gasteiger partial charge in [-0.1, -0.05) is 4.49 Å². The molecule has 19 heavy (non-hydrogen) atoms. The number of hydrogen-bond acceptors (Lipinski definition) is 5. The summed E-state index contributed by atoms with van der Waals surface area (Å²) < 4.78 is 5.69. The van der Waals surface area contributed by atoms with Crippen molar-refractivity contribution in [3.8, 4) is 0 Å². The Labute approximate surface area is 115 Å². The highest BCUT2D eigenvalue weighted by atomic mass is 32.1. The summed E-state index contributed by atoms with van der Waals surface area (Å²) in [5.41, 5.74) is 3.04. The molecule has 1 atom stereocenters. The van der Waals surface area contributed by atoms with Crippen molar-refractivity contribution >= 4 is 17.4 Å². The number of amides is 1. The van der Waals surface area contributed by atoms with Gasteiger partial charge in [-0.05, 0) is 37.7 Å². The second kappa shape index (κ2) is 4.73. The van der Waals surface area contributed by atoms with E-state index in [1.807, 2.05) is 17.9 Å². The molecule has 2 heterocycles. The molecule has 0 spiro atoms. The Hall–Kier alpha value is -1.76. The number of rotatable bonds is 2. The van der Waals surface area contributed by atoms with Crippen molar-refractivity contribution < 1.29 is 4.79 Å². The second-order valence-electron chi connectivity index (χ2n) is 4.78. The van der Waals surface area contributed by atoms with Gasteiger partial charge in [-0.2, -0.15) is 5.10 Å². The minimum absolute atomic E-state index is 0.0476. The standard InChI is InChI=1S/C12H15N5OS/c1-7-11(19-16-15-7)12(18)14-9-4-3-5-10-8(9)6-13-17(10)2/h6,9H,3-5H2,1-2H3,(H,14,18). The van der Waals surface area contributed by atoms with E-state index in [-0.39, 0.29) is 11.9 Å². The predicted molar refractivity (Wildman–Crippen MR) is 71.0 cm³/mol. The molecule has 0 saturated carbocycles. The molecule has 2 aromatic heterocycles. The van der Waals surface area contributed by atoms with Crippen LogP contribution in [0.25, 0.3) is 0 Å². The lowest BCUT2D eigenvalue weighted by atomic mass is 9.93. The molecular weight excluding hydrogens is 262 g/mol. The summed E-state index contributed by atoms with van der Waals surface area (Å²) in [5.74, 6) is -0.0887. The molecule has 100 valence electrons. The molecule has 1 aliphatic rings. The van der Waals surface area contributed by atoms with E-state index in [9.17, 15) is 4.79 Å². The van der Waals surface area contributed by atoms with Crippen LogP contribution in [0.2, 0.25) is 0 Å². The largest absolute Gasteiger partial charge is 0.344 e. The third-order valence-corrected chi connectivity index (χ3v) is 4.37. The smallest absolute Gasteiger partial charge is 0.265 e. The average Bonchev–Trinajstić information content (AvgIpc) is 2.97. The monoisotopic (exact) mass is 277 g/mol. The lowest BCUT2D eigenvalue weighted by Gasteiger charge is -2.23. The van der Waals surface area contributed by atoms with E-state index in [0.29, 0.717) is 10.6 Å². The Morgan fingerprint density at radius 2 is 2.42 bits per heavy atom. The number of carbonyl (C=O) groups excluding carboxylic acids is 1. The number of nitrogens with zero attached hydrogens (tertiary/aromatic N) is 4. The van der Waals surface area contributed by atoms with Gasteiger partial charge in [0.1, 0.15) is 4.88 Å². The third-order valence-electron chi connectivity index (χ3n) is 3.54. The van der Waals surface area contributed by atoms with Gasteiger partial charge in [0.15, 0.2) is 0 Å². The fourth-order valence-electron chi connectivity index (χ4n) is 2.52. The predicted octanol–water partition coefficient (Wildman–Crippen LogP) is 1.39. The zero-order valence-electron chi connectivity index (χ0n) is 10.9. The number of nitrogens with one attached hydrogen (secondary N) is 1. The number of carbonyl (C=O) groups is 1. The van der Waals surface area contributed by atoms with E-state index in [2.05, 4.69) is 20.0 Å². The Balaban J connectivity index is 1.82. The fourth-order valence-corrected chi connectivity index (χ4v) is 3.08. The molecule has 7 heteroatoms. The molecule has 3 rings (SSSR count). The first-order valence-corrected chi connectivity index (χ1v) is 7.04. The van der Waals surface area contributed by atoms with Crippen LogP contribution in [-0.4, -0.2) is 25.3 Å². The van der Waals surface area contributed by atoms with Crippen LogP contribution < -0.4 is 5.32 Å². The van der Waals surface area contributed by atoms with E-state index in [1.54, 1.807) is 6.92 Å². The van der Waals surface area contributed by atoms with Gasteiger partial charge < -0.3 is 5.32 Å². The van der Waals surface area contributed by atoms with Gasteiger partial charge in [-0.25, -0.2) is 0 Å². The van der Waals surface area contributed by atoms with Gasteiger partial charge in [-0.3, -0.25) is 9.48 Å². The van der Waals surface area contributed by atoms with Gasteiger partial charge in [0.05, 0.1) is 17.9 Å². The van der Waals surface area contributed by atoms with Crippen molar-refractivity contribution in [3.63, 3.8) is 0 Å². The number of fused-ring (bicyclic) bond motifs is 1. The molecule has 0 aromatic carbocycles. The SMILES string of the molecule is Cc1nnsc1C(=O)NC1CCCc2c1cnn2C. The molecule has 0 saturated heterocycles. The number of aromatic nitrogens is 4. The summed E-state index contributed by atoms with van der Waals surface area (Å²) in [6, 6.07) is 0.0476. The van der Waals surface area contributed by atoms with Crippen molar-refractivity contribution in [2.75, 3.05) is 0 Å². The van der Waals surface area contributed by atoms with Gasteiger partial charge in [0.25, 0.3) is 5.91 Å². The van der Waals surface area contributed by atoms with Crippen molar-refractivity contribution in [2.24, 2.45) is 7.05 Å². The molecule has 2 aromatic rings. The molecule has 1 aliphatic carbocycles. The molecule has 1 N–H and O–H groups in total. The molecule has 1 amide bonds. The Morgan fingerprint density at radius 1 is 1.58 bits per heavy atom. The van der Waals surface area contributed by atoms with E-state index in [4.69, 9.17) is 0 Å². The van der Waals surface area contributed by atoms with Crippen LogP contribution >= 0.6 is 11.5 Å². The zero-order valence-corrected chi connectivity index (χ0v) is 11.7. The zero-order chi connectivity index (χ0) is 13.4. The van der Waals surface area contributed by atoms with Gasteiger partial charge in [0, 0.05) is 18.3 Å². The van der Waals surface area contributed by atoms with E-state index < -0.39 is 0 Å². The van der Waals surface area contributed by atoms with Gasteiger partial charge >= 0.3 is 0 Å². The summed E-state index contributed by atoms with van der Waals surface area (Å²) in [6.07, 6.45) is 4.91. The first-order chi connectivity index (χ1) is 9.16. The van der Waals surface area contributed by atoms with Crippen LogP contribution in [0.3, 0.4) is 0 Å². The van der Waals surface area contributed by atoms with Crippen LogP contribution in [0.15, 0.2) is 6.20 Å². The van der Waals surface area contributed by atoms with Crippen LogP contribution in [0.5, 0.6) is 0 Å². The minimum atomic E-state index is -0.0887. The molecule has 0 radical (unpaired) electrons. The normalized spacial score (nSPS) is 18.1.